The van der Waals surface area contributed by atoms with Gasteiger partial charge in [0.15, 0.2) is 0 Å². The van der Waals surface area contributed by atoms with Gasteiger partial charge in [0.1, 0.15) is 17.9 Å². The van der Waals surface area contributed by atoms with Crippen LogP contribution in [-0.4, -0.2) is 41.3 Å². The molecule has 2 aromatic rings. The maximum absolute atomic E-state index is 9.84. The Kier molecular flexibility index (Phi) is 3.65. The molecule has 2 heterocycles. The van der Waals surface area contributed by atoms with Crippen molar-refractivity contribution in [2.45, 2.75) is 12.1 Å². The fraction of sp³-hybridized carbons (Fsp3) is 0.357. The number of aliphatic hydroxyl groups is 1. The lowest BCUT2D eigenvalue weighted by atomic mass is 10.1. The summed E-state index contributed by atoms with van der Waals surface area (Å²) in [6.07, 6.45) is 1.31. The lowest BCUT2D eigenvalue weighted by Crippen LogP contribution is -2.22. The molecule has 20 heavy (non-hydrogen) atoms. The summed E-state index contributed by atoms with van der Waals surface area (Å²) in [6, 6.07) is 7.13. The van der Waals surface area contributed by atoms with Gasteiger partial charge in [-0.05, 0) is 24.3 Å². The molecule has 3 rings (SSSR count). The summed E-state index contributed by atoms with van der Waals surface area (Å²) < 4.78 is 12.3. The molecule has 0 aliphatic carbocycles. The number of ether oxygens (including phenoxy) is 2. The van der Waals surface area contributed by atoms with Crippen LogP contribution in [0.5, 0.6) is 5.75 Å². The molecular formula is C14H15ClN2O3. The normalized spacial score (nSPS) is 22.1. The zero-order valence-corrected chi connectivity index (χ0v) is 11.7. The van der Waals surface area contributed by atoms with E-state index < -0.39 is 6.10 Å². The van der Waals surface area contributed by atoms with Crippen molar-refractivity contribution >= 4 is 11.6 Å². The Morgan fingerprint density at radius 1 is 1.40 bits per heavy atom. The second-order valence-electron chi connectivity index (χ2n) is 4.70. The predicted molar refractivity (Wildman–Crippen MR) is 75.1 cm³/mol. The Morgan fingerprint density at radius 2 is 2.25 bits per heavy atom. The molecule has 0 amide bonds. The summed E-state index contributed by atoms with van der Waals surface area (Å²) in [4.78, 5) is 0. The molecule has 1 aliphatic heterocycles. The average molecular weight is 295 g/mol. The lowest BCUT2D eigenvalue weighted by molar-refractivity contribution is 0.118. The van der Waals surface area contributed by atoms with E-state index in [0.29, 0.717) is 24.0 Å². The lowest BCUT2D eigenvalue weighted by Gasteiger charge is -2.12. The molecular weight excluding hydrogens is 280 g/mol. The first-order valence-electron chi connectivity index (χ1n) is 6.34. The molecule has 1 aromatic carbocycles. The van der Waals surface area contributed by atoms with Crippen molar-refractivity contribution < 1.29 is 14.6 Å². The first-order chi connectivity index (χ1) is 9.69. The van der Waals surface area contributed by atoms with Crippen LogP contribution in [0.4, 0.5) is 0 Å². The van der Waals surface area contributed by atoms with E-state index in [4.69, 9.17) is 21.1 Å². The molecule has 1 fully saturated rings. The molecule has 2 atom stereocenters. The van der Waals surface area contributed by atoms with Crippen molar-refractivity contribution in [2.75, 3.05) is 20.3 Å². The molecule has 1 saturated heterocycles. The van der Waals surface area contributed by atoms with E-state index in [2.05, 4.69) is 5.10 Å². The first kappa shape index (κ1) is 13.4. The van der Waals surface area contributed by atoms with Crippen molar-refractivity contribution in [3.05, 3.63) is 35.5 Å². The molecule has 0 bridgehead atoms. The second kappa shape index (κ2) is 5.44. The first-order valence-corrected chi connectivity index (χ1v) is 6.71. The molecule has 0 saturated carbocycles. The SMILES string of the molecule is COc1ccc(Cl)cc1-c1ccn([C@@H]2COC[C@H]2O)n1. The summed E-state index contributed by atoms with van der Waals surface area (Å²) in [6.45, 7) is 0.815. The standard InChI is InChI=1S/C14H15ClN2O3/c1-19-14-3-2-9(15)6-10(14)11-4-5-17(16-11)12-7-20-8-13(12)18/h2-6,12-13,18H,7-8H2,1H3/t12-,13-/m1/s1. The van der Waals surface area contributed by atoms with E-state index in [1.165, 1.54) is 0 Å². The molecule has 0 spiro atoms. The largest absolute Gasteiger partial charge is 0.496 e. The average Bonchev–Trinajstić information content (AvgIpc) is 3.07. The Bertz CT molecular complexity index is 614. The van der Waals surface area contributed by atoms with E-state index >= 15 is 0 Å². The highest BCUT2D eigenvalue weighted by atomic mass is 35.5. The van der Waals surface area contributed by atoms with Gasteiger partial charge in [0.2, 0.25) is 0 Å². The number of benzene rings is 1. The molecule has 1 aliphatic rings. The topological polar surface area (TPSA) is 56.5 Å². The van der Waals surface area contributed by atoms with Gasteiger partial charge in [0.05, 0.1) is 26.0 Å². The van der Waals surface area contributed by atoms with Crippen molar-refractivity contribution in [1.82, 2.24) is 9.78 Å². The molecule has 5 nitrogen and oxygen atoms in total. The van der Waals surface area contributed by atoms with E-state index in [1.54, 1.807) is 17.9 Å². The van der Waals surface area contributed by atoms with Gasteiger partial charge in [-0.15, -0.1) is 0 Å². The summed E-state index contributed by atoms with van der Waals surface area (Å²) in [5, 5.41) is 15.0. The summed E-state index contributed by atoms with van der Waals surface area (Å²) in [5.74, 6) is 0.711. The molecule has 1 aromatic heterocycles. The number of hydrogen-bond donors (Lipinski definition) is 1. The number of halogens is 1. The maximum Gasteiger partial charge on any atom is 0.128 e. The van der Waals surface area contributed by atoms with Gasteiger partial charge < -0.3 is 14.6 Å². The van der Waals surface area contributed by atoms with Crippen LogP contribution in [0.3, 0.4) is 0 Å². The van der Waals surface area contributed by atoms with Gasteiger partial charge in [-0.2, -0.15) is 5.10 Å². The van der Waals surface area contributed by atoms with Gasteiger partial charge >= 0.3 is 0 Å². The van der Waals surface area contributed by atoms with Crippen LogP contribution in [0.1, 0.15) is 6.04 Å². The predicted octanol–water partition coefficient (Wildman–Crippen LogP) is 2.14. The molecule has 106 valence electrons. The Balaban J connectivity index is 1.95. The highest BCUT2D eigenvalue weighted by molar-refractivity contribution is 6.30. The van der Waals surface area contributed by atoms with Crippen molar-refractivity contribution in [2.24, 2.45) is 0 Å². The van der Waals surface area contributed by atoms with Gasteiger partial charge in [-0.25, -0.2) is 0 Å². The minimum atomic E-state index is -0.524. The number of nitrogens with zero attached hydrogens (tertiary/aromatic N) is 2. The van der Waals surface area contributed by atoms with Gasteiger partial charge in [0.25, 0.3) is 0 Å². The van der Waals surface area contributed by atoms with Crippen LogP contribution >= 0.6 is 11.6 Å². The van der Waals surface area contributed by atoms with E-state index in [9.17, 15) is 5.11 Å². The number of aromatic nitrogens is 2. The van der Waals surface area contributed by atoms with Gasteiger partial charge in [-0.3, -0.25) is 4.68 Å². The van der Waals surface area contributed by atoms with Gasteiger partial charge in [-0.1, -0.05) is 11.6 Å². The van der Waals surface area contributed by atoms with Crippen molar-refractivity contribution in [3.8, 4) is 17.0 Å². The number of rotatable bonds is 3. The monoisotopic (exact) mass is 294 g/mol. The third-order valence-electron chi connectivity index (χ3n) is 3.41. The fourth-order valence-electron chi connectivity index (χ4n) is 2.33. The smallest absolute Gasteiger partial charge is 0.128 e. The molecule has 0 radical (unpaired) electrons. The third kappa shape index (κ3) is 2.40. The zero-order valence-electron chi connectivity index (χ0n) is 11.0. The summed E-state index contributed by atoms with van der Waals surface area (Å²) >= 11 is 6.03. The third-order valence-corrected chi connectivity index (χ3v) is 3.64. The van der Waals surface area contributed by atoms with Crippen LogP contribution in [0.25, 0.3) is 11.3 Å². The number of aliphatic hydroxyl groups excluding tert-OH is 1. The highest BCUT2D eigenvalue weighted by Gasteiger charge is 2.28. The van der Waals surface area contributed by atoms with Crippen LogP contribution in [0.15, 0.2) is 30.5 Å². The van der Waals surface area contributed by atoms with Crippen LogP contribution in [0, 0.1) is 0 Å². The Hall–Kier alpha value is -1.56. The Morgan fingerprint density at radius 3 is 2.95 bits per heavy atom. The minimum absolute atomic E-state index is 0.145. The fourth-order valence-corrected chi connectivity index (χ4v) is 2.50. The minimum Gasteiger partial charge on any atom is -0.496 e. The quantitative estimate of drug-likeness (QED) is 0.942. The summed E-state index contributed by atoms with van der Waals surface area (Å²) in [5.41, 5.74) is 1.58. The van der Waals surface area contributed by atoms with E-state index in [-0.39, 0.29) is 6.04 Å². The van der Waals surface area contributed by atoms with Crippen LogP contribution in [-0.2, 0) is 4.74 Å². The summed E-state index contributed by atoms with van der Waals surface area (Å²) in [7, 11) is 1.61. The van der Waals surface area contributed by atoms with Gasteiger partial charge in [0, 0.05) is 16.8 Å². The molecule has 1 N–H and O–H groups in total. The van der Waals surface area contributed by atoms with Crippen LogP contribution in [0.2, 0.25) is 5.02 Å². The Labute approximate surface area is 121 Å². The van der Waals surface area contributed by atoms with Crippen molar-refractivity contribution in [3.63, 3.8) is 0 Å². The van der Waals surface area contributed by atoms with Crippen molar-refractivity contribution in [1.29, 1.82) is 0 Å². The highest BCUT2D eigenvalue weighted by Crippen LogP contribution is 2.32. The van der Waals surface area contributed by atoms with Crippen LogP contribution < -0.4 is 4.74 Å². The zero-order chi connectivity index (χ0) is 14.1. The maximum atomic E-state index is 9.84. The molecule has 0 unspecified atom stereocenters. The number of methoxy groups -OCH3 is 1. The van der Waals surface area contributed by atoms with E-state index in [1.807, 2.05) is 24.4 Å². The number of hydrogen-bond acceptors (Lipinski definition) is 4. The molecule has 6 heteroatoms. The second-order valence-corrected chi connectivity index (χ2v) is 5.13. The van der Waals surface area contributed by atoms with E-state index in [0.717, 1.165) is 11.3 Å².